The molecule has 1 aliphatic heterocycles. The lowest BCUT2D eigenvalue weighted by Gasteiger charge is -2.10. The van der Waals surface area contributed by atoms with Gasteiger partial charge in [0.05, 0.1) is 6.61 Å². The number of carbonyl (C=O) groups excluding carboxylic acids is 1. The van der Waals surface area contributed by atoms with Crippen molar-refractivity contribution in [2.75, 3.05) is 13.2 Å². The first-order valence-electron chi connectivity index (χ1n) is 7.59. The Bertz CT molecular complexity index is 778. The number of rotatable bonds is 5. The van der Waals surface area contributed by atoms with Crippen molar-refractivity contribution in [1.82, 2.24) is 10.3 Å². The van der Waals surface area contributed by atoms with Crippen LogP contribution in [0.3, 0.4) is 0 Å². The van der Waals surface area contributed by atoms with Crippen molar-refractivity contribution in [2.45, 2.75) is 19.1 Å². The molecule has 25 heavy (non-hydrogen) atoms. The predicted octanol–water partition coefficient (Wildman–Crippen LogP) is 2.89. The Hall–Kier alpha value is -2.77. The van der Waals surface area contributed by atoms with Gasteiger partial charge in [-0.2, -0.15) is 13.2 Å². The zero-order valence-corrected chi connectivity index (χ0v) is 13.1. The van der Waals surface area contributed by atoms with E-state index in [4.69, 9.17) is 4.74 Å². The highest BCUT2D eigenvalue weighted by atomic mass is 19.4. The van der Waals surface area contributed by atoms with E-state index in [9.17, 15) is 18.0 Å². The van der Waals surface area contributed by atoms with Gasteiger partial charge in [-0.05, 0) is 35.4 Å². The topological polar surface area (TPSA) is 60.5 Å². The molecular formula is C17H15F3N2O3. The molecule has 3 rings (SSSR count). The number of hydrogen-bond donors (Lipinski definition) is 1. The Kier molecular flexibility index (Phi) is 4.78. The maximum atomic E-state index is 12.2. The molecule has 1 aromatic heterocycles. The monoisotopic (exact) mass is 352 g/mol. The van der Waals surface area contributed by atoms with E-state index in [0.717, 1.165) is 17.7 Å². The zero-order valence-electron chi connectivity index (χ0n) is 13.1. The number of nitrogens with one attached hydrogen (secondary N) is 1. The molecule has 0 unspecified atom stereocenters. The van der Waals surface area contributed by atoms with Crippen molar-refractivity contribution in [3.05, 3.63) is 53.2 Å². The molecule has 1 aromatic carbocycles. The van der Waals surface area contributed by atoms with E-state index >= 15 is 0 Å². The van der Waals surface area contributed by atoms with Gasteiger partial charge >= 0.3 is 6.18 Å². The summed E-state index contributed by atoms with van der Waals surface area (Å²) in [4.78, 5) is 15.9. The molecule has 1 aliphatic rings. The van der Waals surface area contributed by atoms with Crippen molar-refractivity contribution in [2.24, 2.45) is 0 Å². The molecular weight excluding hydrogens is 337 g/mol. The summed E-state index contributed by atoms with van der Waals surface area (Å²) in [5, 5.41) is 2.72. The summed E-state index contributed by atoms with van der Waals surface area (Å²) < 4.78 is 46.5. The minimum absolute atomic E-state index is 0.140. The van der Waals surface area contributed by atoms with Gasteiger partial charge in [0, 0.05) is 30.8 Å². The molecule has 132 valence electrons. The van der Waals surface area contributed by atoms with Crippen LogP contribution < -0.4 is 14.8 Å². The van der Waals surface area contributed by atoms with Gasteiger partial charge in [-0.1, -0.05) is 0 Å². The largest absolute Gasteiger partial charge is 0.493 e. The van der Waals surface area contributed by atoms with Crippen LogP contribution in [0.15, 0.2) is 36.5 Å². The SMILES string of the molecule is O=C(NCc1ccnc(OCC(F)(F)F)c1)c1ccc2c(c1)CCO2. The van der Waals surface area contributed by atoms with Crippen LogP contribution in [0.5, 0.6) is 11.6 Å². The normalized spacial score (nSPS) is 13.1. The average Bonchev–Trinajstić information content (AvgIpc) is 3.05. The molecule has 0 saturated heterocycles. The standard InChI is InChI=1S/C17H15F3N2O3/c18-17(19,20)10-25-15-7-11(3-5-21-15)9-22-16(23)13-1-2-14-12(8-13)4-6-24-14/h1-3,5,7-8H,4,6,9-10H2,(H,22,23). The summed E-state index contributed by atoms with van der Waals surface area (Å²) in [5.41, 5.74) is 2.08. The summed E-state index contributed by atoms with van der Waals surface area (Å²) in [5.74, 6) is 0.375. The van der Waals surface area contributed by atoms with Crippen molar-refractivity contribution in [3.8, 4) is 11.6 Å². The van der Waals surface area contributed by atoms with Crippen LogP contribution >= 0.6 is 0 Å². The number of halogens is 3. The fourth-order valence-corrected chi connectivity index (χ4v) is 2.41. The molecule has 2 heterocycles. The lowest BCUT2D eigenvalue weighted by molar-refractivity contribution is -0.154. The van der Waals surface area contributed by atoms with Crippen LogP contribution in [-0.4, -0.2) is 30.3 Å². The second kappa shape index (κ2) is 7.00. The Morgan fingerprint density at radius 1 is 1.28 bits per heavy atom. The molecule has 0 aliphatic carbocycles. The predicted molar refractivity (Wildman–Crippen MR) is 82.6 cm³/mol. The number of fused-ring (bicyclic) bond motifs is 1. The molecule has 0 atom stereocenters. The summed E-state index contributed by atoms with van der Waals surface area (Å²) >= 11 is 0. The van der Waals surface area contributed by atoms with Gasteiger partial charge in [0.2, 0.25) is 5.88 Å². The number of ether oxygens (including phenoxy) is 2. The molecule has 0 spiro atoms. The molecule has 2 aromatic rings. The van der Waals surface area contributed by atoms with Gasteiger partial charge in [-0.25, -0.2) is 4.98 Å². The van der Waals surface area contributed by atoms with Crippen LogP contribution in [0.1, 0.15) is 21.5 Å². The lowest BCUT2D eigenvalue weighted by Crippen LogP contribution is -2.23. The van der Waals surface area contributed by atoms with E-state index in [-0.39, 0.29) is 18.3 Å². The maximum Gasteiger partial charge on any atom is 0.422 e. The van der Waals surface area contributed by atoms with Crippen LogP contribution in [0.4, 0.5) is 13.2 Å². The van der Waals surface area contributed by atoms with E-state index in [0.29, 0.717) is 17.7 Å². The number of aromatic nitrogens is 1. The van der Waals surface area contributed by atoms with Gasteiger partial charge in [0.25, 0.3) is 5.91 Å². The van der Waals surface area contributed by atoms with Crippen LogP contribution in [0.2, 0.25) is 0 Å². The second-order valence-electron chi connectivity index (χ2n) is 5.51. The highest BCUT2D eigenvalue weighted by molar-refractivity contribution is 5.94. The lowest BCUT2D eigenvalue weighted by atomic mass is 10.1. The minimum atomic E-state index is -4.43. The molecule has 0 radical (unpaired) electrons. The Morgan fingerprint density at radius 3 is 2.92 bits per heavy atom. The third-order valence-corrected chi connectivity index (χ3v) is 3.59. The smallest absolute Gasteiger partial charge is 0.422 e. The fourth-order valence-electron chi connectivity index (χ4n) is 2.41. The molecule has 0 bridgehead atoms. The highest BCUT2D eigenvalue weighted by Crippen LogP contribution is 2.25. The Labute approximate surface area is 141 Å². The zero-order chi connectivity index (χ0) is 17.9. The van der Waals surface area contributed by atoms with Gasteiger partial charge in [-0.15, -0.1) is 0 Å². The Balaban J connectivity index is 1.58. The summed E-state index contributed by atoms with van der Waals surface area (Å²) in [6.45, 7) is -0.650. The van der Waals surface area contributed by atoms with Crippen molar-refractivity contribution >= 4 is 5.91 Å². The van der Waals surface area contributed by atoms with Crippen LogP contribution in [-0.2, 0) is 13.0 Å². The van der Waals surface area contributed by atoms with Crippen molar-refractivity contribution in [3.63, 3.8) is 0 Å². The number of amides is 1. The quantitative estimate of drug-likeness (QED) is 0.899. The molecule has 0 fully saturated rings. The Morgan fingerprint density at radius 2 is 2.12 bits per heavy atom. The highest BCUT2D eigenvalue weighted by Gasteiger charge is 2.28. The fraction of sp³-hybridized carbons (Fsp3) is 0.294. The molecule has 1 N–H and O–H groups in total. The molecule has 0 saturated carbocycles. The van der Waals surface area contributed by atoms with E-state index in [2.05, 4.69) is 15.0 Å². The molecule has 8 heteroatoms. The second-order valence-corrected chi connectivity index (χ2v) is 5.51. The van der Waals surface area contributed by atoms with Gasteiger partial charge in [-0.3, -0.25) is 4.79 Å². The number of alkyl halides is 3. The minimum Gasteiger partial charge on any atom is -0.493 e. The number of carbonyl (C=O) groups is 1. The number of nitrogens with zero attached hydrogens (tertiary/aromatic N) is 1. The third-order valence-electron chi connectivity index (χ3n) is 3.59. The van der Waals surface area contributed by atoms with E-state index < -0.39 is 12.8 Å². The van der Waals surface area contributed by atoms with Crippen LogP contribution in [0, 0.1) is 0 Å². The van der Waals surface area contributed by atoms with Crippen molar-refractivity contribution < 1.29 is 27.4 Å². The number of pyridine rings is 1. The summed E-state index contributed by atoms with van der Waals surface area (Å²) in [6, 6.07) is 8.17. The summed E-state index contributed by atoms with van der Waals surface area (Å²) in [7, 11) is 0. The third kappa shape index (κ3) is 4.62. The van der Waals surface area contributed by atoms with Crippen molar-refractivity contribution in [1.29, 1.82) is 0 Å². The average molecular weight is 352 g/mol. The van der Waals surface area contributed by atoms with Gasteiger partial charge in [0.1, 0.15) is 5.75 Å². The van der Waals surface area contributed by atoms with E-state index in [1.807, 2.05) is 0 Å². The van der Waals surface area contributed by atoms with Gasteiger partial charge in [0.15, 0.2) is 6.61 Å². The first-order chi connectivity index (χ1) is 11.9. The maximum absolute atomic E-state index is 12.2. The molecule has 1 amide bonds. The first kappa shape index (κ1) is 17.1. The van der Waals surface area contributed by atoms with Crippen LogP contribution in [0.25, 0.3) is 0 Å². The summed E-state index contributed by atoms with van der Waals surface area (Å²) in [6.07, 6.45) is -2.33. The first-order valence-corrected chi connectivity index (χ1v) is 7.59. The number of benzene rings is 1. The molecule has 5 nitrogen and oxygen atoms in total. The number of hydrogen-bond acceptors (Lipinski definition) is 4. The van der Waals surface area contributed by atoms with E-state index in [1.54, 1.807) is 24.3 Å². The van der Waals surface area contributed by atoms with Gasteiger partial charge < -0.3 is 14.8 Å². The van der Waals surface area contributed by atoms with E-state index in [1.165, 1.54) is 12.3 Å².